The zero-order valence-corrected chi connectivity index (χ0v) is 13.6. The lowest BCUT2D eigenvalue weighted by atomic mass is 10.0. The molecule has 2 aliphatic rings. The maximum atomic E-state index is 12.7. The van der Waals surface area contributed by atoms with Crippen LogP contribution in [0.2, 0.25) is 0 Å². The van der Waals surface area contributed by atoms with E-state index in [0.717, 1.165) is 25.1 Å². The molecule has 1 atom stereocenters. The molecule has 0 bridgehead atoms. The molecule has 23 heavy (non-hydrogen) atoms. The summed E-state index contributed by atoms with van der Waals surface area (Å²) in [4.78, 5) is 26.9. The van der Waals surface area contributed by atoms with E-state index in [1.165, 1.54) is 0 Å². The number of nitrogens with one attached hydrogen (secondary N) is 2. The molecule has 0 aliphatic carbocycles. The molecule has 3 rings (SSSR count). The molecule has 2 aliphatic heterocycles. The molecular weight excluding hydrogens is 294 g/mol. The first-order valence-electron chi connectivity index (χ1n) is 8.07. The molecule has 1 aromatic carbocycles. The van der Waals surface area contributed by atoms with E-state index < -0.39 is 0 Å². The Morgan fingerprint density at radius 1 is 1.35 bits per heavy atom. The van der Waals surface area contributed by atoms with Crippen LogP contribution in [0.3, 0.4) is 0 Å². The predicted octanol–water partition coefficient (Wildman–Crippen LogP) is 1.15. The van der Waals surface area contributed by atoms with Crippen LogP contribution in [0.4, 0.5) is 5.69 Å². The molecule has 0 saturated carbocycles. The van der Waals surface area contributed by atoms with Gasteiger partial charge in [-0.1, -0.05) is 6.07 Å². The lowest BCUT2D eigenvalue weighted by Crippen LogP contribution is -2.54. The number of ether oxygens (including phenoxy) is 1. The van der Waals surface area contributed by atoms with Gasteiger partial charge in [-0.2, -0.15) is 0 Å². The smallest absolute Gasteiger partial charge is 0.247 e. The Bertz CT molecular complexity index is 613. The normalized spacial score (nSPS) is 21.0. The largest absolute Gasteiger partial charge is 0.495 e. The van der Waals surface area contributed by atoms with Gasteiger partial charge in [-0.05, 0) is 37.5 Å². The number of anilines is 1. The standard InChI is InChI=1S/C17H23N3O3/c1-11-5-6-15(23-2)13(8-11)19-16(21)14-4-3-7-20(14)17(22)12-9-18-10-12/h5-6,8,12,14,18H,3-4,7,9-10H2,1-2H3,(H,19,21). The molecule has 1 unspecified atom stereocenters. The molecule has 2 saturated heterocycles. The second-order valence-electron chi connectivity index (χ2n) is 6.24. The molecular formula is C17H23N3O3. The summed E-state index contributed by atoms with van der Waals surface area (Å²) in [6.45, 7) is 4.06. The van der Waals surface area contributed by atoms with Crippen molar-refractivity contribution in [1.29, 1.82) is 0 Å². The summed E-state index contributed by atoms with van der Waals surface area (Å²) in [5, 5.41) is 6.04. The minimum absolute atomic E-state index is 0.0249. The maximum absolute atomic E-state index is 12.7. The third-order valence-corrected chi connectivity index (χ3v) is 4.58. The van der Waals surface area contributed by atoms with Crippen LogP contribution in [-0.4, -0.2) is 49.5 Å². The lowest BCUT2D eigenvalue weighted by Gasteiger charge is -2.33. The number of amides is 2. The van der Waals surface area contributed by atoms with Gasteiger partial charge in [0.05, 0.1) is 18.7 Å². The van der Waals surface area contributed by atoms with Crippen molar-refractivity contribution in [2.75, 3.05) is 32.1 Å². The lowest BCUT2D eigenvalue weighted by molar-refractivity contribution is -0.141. The van der Waals surface area contributed by atoms with Crippen LogP contribution in [0.1, 0.15) is 18.4 Å². The monoisotopic (exact) mass is 317 g/mol. The van der Waals surface area contributed by atoms with E-state index in [1.807, 2.05) is 25.1 Å². The highest BCUT2D eigenvalue weighted by atomic mass is 16.5. The highest BCUT2D eigenvalue weighted by Crippen LogP contribution is 2.27. The number of likely N-dealkylation sites (tertiary alicyclic amines) is 1. The second kappa shape index (κ2) is 6.58. The third kappa shape index (κ3) is 3.17. The van der Waals surface area contributed by atoms with E-state index in [4.69, 9.17) is 4.74 Å². The zero-order chi connectivity index (χ0) is 16.4. The van der Waals surface area contributed by atoms with Crippen LogP contribution < -0.4 is 15.4 Å². The number of aryl methyl sites for hydroxylation is 1. The van der Waals surface area contributed by atoms with Crippen molar-refractivity contribution in [3.63, 3.8) is 0 Å². The SMILES string of the molecule is COc1ccc(C)cc1NC(=O)C1CCCN1C(=O)C1CNC1. The number of carbonyl (C=O) groups excluding carboxylic acids is 2. The van der Waals surface area contributed by atoms with Crippen molar-refractivity contribution in [3.05, 3.63) is 23.8 Å². The number of rotatable bonds is 4. The summed E-state index contributed by atoms with van der Waals surface area (Å²) in [6, 6.07) is 5.27. The average Bonchev–Trinajstić information content (AvgIpc) is 2.95. The van der Waals surface area contributed by atoms with Crippen LogP contribution >= 0.6 is 0 Å². The van der Waals surface area contributed by atoms with Gasteiger partial charge in [-0.25, -0.2) is 0 Å². The van der Waals surface area contributed by atoms with Gasteiger partial charge < -0.3 is 20.3 Å². The molecule has 2 N–H and O–H groups in total. The van der Waals surface area contributed by atoms with Gasteiger partial charge in [-0.15, -0.1) is 0 Å². The highest BCUT2D eigenvalue weighted by Gasteiger charge is 2.38. The van der Waals surface area contributed by atoms with Crippen molar-refractivity contribution >= 4 is 17.5 Å². The van der Waals surface area contributed by atoms with Gasteiger partial charge in [0.1, 0.15) is 11.8 Å². The molecule has 2 amide bonds. The second-order valence-corrected chi connectivity index (χ2v) is 6.24. The Morgan fingerprint density at radius 2 is 2.13 bits per heavy atom. The number of benzene rings is 1. The predicted molar refractivity (Wildman–Crippen MR) is 87.5 cm³/mol. The van der Waals surface area contributed by atoms with E-state index in [9.17, 15) is 9.59 Å². The van der Waals surface area contributed by atoms with Crippen molar-refractivity contribution in [2.45, 2.75) is 25.8 Å². The van der Waals surface area contributed by atoms with Crippen LogP contribution in [0, 0.1) is 12.8 Å². The van der Waals surface area contributed by atoms with Gasteiger partial charge in [0.2, 0.25) is 11.8 Å². The van der Waals surface area contributed by atoms with Gasteiger partial charge >= 0.3 is 0 Å². The molecule has 2 heterocycles. The van der Waals surface area contributed by atoms with Crippen molar-refractivity contribution in [1.82, 2.24) is 10.2 Å². The minimum atomic E-state index is -0.381. The molecule has 1 aromatic rings. The van der Waals surface area contributed by atoms with E-state index in [1.54, 1.807) is 12.0 Å². The third-order valence-electron chi connectivity index (χ3n) is 4.58. The maximum Gasteiger partial charge on any atom is 0.247 e. The van der Waals surface area contributed by atoms with E-state index in [2.05, 4.69) is 10.6 Å². The summed E-state index contributed by atoms with van der Waals surface area (Å²) < 4.78 is 5.30. The first-order chi connectivity index (χ1) is 11.1. The van der Waals surface area contributed by atoms with E-state index in [0.29, 0.717) is 24.4 Å². The topological polar surface area (TPSA) is 70.7 Å². The van der Waals surface area contributed by atoms with Gasteiger partial charge in [0.15, 0.2) is 0 Å². The molecule has 6 heteroatoms. The van der Waals surface area contributed by atoms with E-state index in [-0.39, 0.29) is 23.8 Å². The Balaban J connectivity index is 1.72. The summed E-state index contributed by atoms with van der Waals surface area (Å²) in [5.74, 6) is 0.615. The first kappa shape index (κ1) is 15.8. The molecule has 6 nitrogen and oxygen atoms in total. The number of nitrogens with zero attached hydrogens (tertiary/aromatic N) is 1. The van der Waals surface area contributed by atoms with Gasteiger partial charge in [0.25, 0.3) is 0 Å². The molecule has 124 valence electrons. The minimum Gasteiger partial charge on any atom is -0.495 e. The number of hydrogen-bond donors (Lipinski definition) is 2. The van der Waals surface area contributed by atoms with Crippen LogP contribution in [0.15, 0.2) is 18.2 Å². The van der Waals surface area contributed by atoms with Crippen LogP contribution in [-0.2, 0) is 9.59 Å². The molecule has 2 fully saturated rings. The van der Waals surface area contributed by atoms with Crippen molar-refractivity contribution in [2.24, 2.45) is 5.92 Å². The average molecular weight is 317 g/mol. The Labute approximate surface area is 136 Å². The zero-order valence-electron chi connectivity index (χ0n) is 13.6. The van der Waals surface area contributed by atoms with Crippen molar-refractivity contribution < 1.29 is 14.3 Å². The Hall–Kier alpha value is -2.08. The van der Waals surface area contributed by atoms with Crippen molar-refractivity contribution in [3.8, 4) is 5.75 Å². The van der Waals surface area contributed by atoms with E-state index >= 15 is 0 Å². The molecule has 0 aromatic heterocycles. The number of methoxy groups -OCH3 is 1. The fraction of sp³-hybridized carbons (Fsp3) is 0.529. The molecule has 0 radical (unpaired) electrons. The number of hydrogen-bond acceptors (Lipinski definition) is 4. The Morgan fingerprint density at radius 3 is 2.78 bits per heavy atom. The summed E-state index contributed by atoms with van der Waals surface area (Å²) >= 11 is 0. The fourth-order valence-electron chi connectivity index (χ4n) is 3.14. The summed E-state index contributed by atoms with van der Waals surface area (Å²) in [7, 11) is 1.58. The first-order valence-corrected chi connectivity index (χ1v) is 8.07. The Kier molecular flexibility index (Phi) is 4.52. The fourth-order valence-corrected chi connectivity index (χ4v) is 3.14. The quantitative estimate of drug-likeness (QED) is 0.874. The number of carbonyl (C=O) groups is 2. The van der Waals surface area contributed by atoms with Crippen LogP contribution in [0.5, 0.6) is 5.75 Å². The van der Waals surface area contributed by atoms with Gasteiger partial charge in [-0.3, -0.25) is 9.59 Å². The summed E-state index contributed by atoms with van der Waals surface area (Å²) in [5.41, 5.74) is 1.70. The van der Waals surface area contributed by atoms with Gasteiger partial charge in [0, 0.05) is 19.6 Å². The molecule has 0 spiro atoms. The van der Waals surface area contributed by atoms with Crippen LogP contribution in [0.25, 0.3) is 0 Å². The highest BCUT2D eigenvalue weighted by molar-refractivity contribution is 5.99. The summed E-state index contributed by atoms with van der Waals surface area (Å²) in [6.07, 6.45) is 1.58.